The van der Waals surface area contributed by atoms with E-state index in [4.69, 9.17) is 9.47 Å². The highest BCUT2D eigenvalue weighted by atomic mass is 32.2. The normalized spacial score (nSPS) is 17.3. The first kappa shape index (κ1) is 66.8. The second kappa shape index (κ2) is 30.3. The summed E-state index contributed by atoms with van der Waals surface area (Å²) in [5.41, 5.74) is 3.54. The van der Waals surface area contributed by atoms with Gasteiger partial charge in [-0.1, -0.05) is 137 Å². The average Bonchev–Trinajstić information content (AvgIpc) is 4.05. The molecule has 8 rings (SSSR count). The molecule has 0 saturated carbocycles. The largest absolute Gasteiger partial charge is 0.434 e. The maximum atomic E-state index is 14.4. The van der Waals surface area contributed by atoms with E-state index in [0.717, 1.165) is 45.7 Å². The number of carbonyl (C=O) groups is 4. The Morgan fingerprint density at radius 2 is 0.954 bits per heavy atom. The molecule has 6 aromatic carbocycles. The van der Waals surface area contributed by atoms with Gasteiger partial charge >= 0.3 is 12.2 Å². The van der Waals surface area contributed by atoms with Gasteiger partial charge in [-0.15, -0.1) is 0 Å². The number of ether oxygens (including phenoxy) is 2. The van der Waals surface area contributed by atoms with Crippen LogP contribution in [0.5, 0.6) is 0 Å². The SMILES string of the molecule is CC[C@H](C)CN(C[C@@H](O)[C@H](Cc1ccccc1)NC(=O)[C@@H]1CN(c2ccc(F)cc2)C(=O)O1)S(=O)(=O)c1ccc(C)cc1.CC[C@H](C)CN(C[C@@H](O)[C@H](Cc1ccccc1)NC(=O)[C@@H]1CN(c2ccc(F)cc2F)C(=O)O1)S(=O)(=O)c1ccc(C)cc1. The second-order valence-electron chi connectivity index (χ2n) is 22.1. The minimum absolute atomic E-state index is 0.0136. The van der Waals surface area contributed by atoms with Gasteiger partial charge in [0.15, 0.2) is 12.2 Å². The number of amides is 4. The Hall–Kier alpha value is -7.67. The fraction of sp³-hybridized carbons (Fsp3) is 0.375. The molecular weight excluding hydrogens is 1170 g/mol. The maximum absolute atomic E-state index is 14.4. The second-order valence-corrected chi connectivity index (χ2v) is 26.0. The number of aliphatic hydroxyl groups is 2. The molecule has 23 heteroatoms. The van der Waals surface area contributed by atoms with Gasteiger partial charge in [0.2, 0.25) is 20.0 Å². The molecule has 0 aromatic heterocycles. The van der Waals surface area contributed by atoms with Crippen LogP contribution in [0.3, 0.4) is 0 Å². The number of benzene rings is 6. The highest BCUT2D eigenvalue weighted by molar-refractivity contribution is 7.89. The summed E-state index contributed by atoms with van der Waals surface area (Å²) in [6.45, 7) is 10.8. The van der Waals surface area contributed by atoms with Crippen molar-refractivity contribution in [2.75, 3.05) is 49.1 Å². The lowest BCUT2D eigenvalue weighted by molar-refractivity contribution is -0.130. The fourth-order valence-corrected chi connectivity index (χ4v) is 12.8. The molecule has 4 amide bonds. The summed E-state index contributed by atoms with van der Waals surface area (Å²) >= 11 is 0. The molecule has 0 bridgehead atoms. The molecule has 2 aliphatic rings. The lowest BCUT2D eigenvalue weighted by Gasteiger charge is -2.31. The number of aryl methyl sites for hydroxylation is 2. The van der Waals surface area contributed by atoms with Crippen molar-refractivity contribution in [3.63, 3.8) is 0 Å². The molecule has 6 aromatic rings. The summed E-state index contributed by atoms with van der Waals surface area (Å²) in [6, 6.07) is 37.3. The predicted octanol–water partition coefficient (Wildman–Crippen LogP) is 8.71. The van der Waals surface area contributed by atoms with Gasteiger partial charge in [0, 0.05) is 37.9 Å². The maximum Gasteiger partial charge on any atom is 0.415 e. The zero-order valence-corrected chi connectivity index (χ0v) is 51.0. The third-order valence-corrected chi connectivity index (χ3v) is 18.9. The summed E-state index contributed by atoms with van der Waals surface area (Å²) in [5.74, 6) is -3.65. The van der Waals surface area contributed by atoms with E-state index in [1.165, 1.54) is 49.9 Å². The van der Waals surface area contributed by atoms with E-state index in [9.17, 15) is 59.4 Å². The van der Waals surface area contributed by atoms with E-state index >= 15 is 0 Å². The summed E-state index contributed by atoms with van der Waals surface area (Å²) in [4.78, 5) is 54.1. The van der Waals surface area contributed by atoms with Crippen molar-refractivity contribution in [3.8, 4) is 0 Å². The van der Waals surface area contributed by atoms with Crippen LogP contribution in [0.25, 0.3) is 0 Å². The Labute approximate surface area is 507 Å². The minimum atomic E-state index is -4.00. The topological polar surface area (TPSA) is 232 Å². The van der Waals surface area contributed by atoms with E-state index in [1.54, 1.807) is 60.7 Å². The molecule has 2 heterocycles. The van der Waals surface area contributed by atoms with Gasteiger partial charge in [-0.05, 0) is 110 Å². The molecule has 8 atom stereocenters. The first-order valence-corrected chi connectivity index (χ1v) is 31.6. The number of nitrogens with zero attached hydrogens (tertiary/aromatic N) is 4. The van der Waals surface area contributed by atoms with Crippen LogP contribution in [-0.2, 0) is 52.0 Å². The van der Waals surface area contributed by atoms with E-state index in [0.29, 0.717) is 18.2 Å². The highest BCUT2D eigenvalue weighted by Gasteiger charge is 2.42. The van der Waals surface area contributed by atoms with Gasteiger partial charge in [-0.2, -0.15) is 8.61 Å². The summed E-state index contributed by atoms with van der Waals surface area (Å²) in [6.07, 6.45) is -5.14. The van der Waals surface area contributed by atoms with Gasteiger partial charge in [-0.25, -0.2) is 39.6 Å². The Morgan fingerprint density at radius 3 is 1.36 bits per heavy atom. The number of nitrogens with one attached hydrogen (secondary N) is 2. The predicted molar refractivity (Wildman–Crippen MR) is 323 cm³/mol. The van der Waals surface area contributed by atoms with Gasteiger partial charge in [-0.3, -0.25) is 19.4 Å². The third-order valence-electron chi connectivity index (χ3n) is 15.3. The van der Waals surface area contributed by atoms with Crippen molar-refractivity contribution in [2.24, 2.45) is 11.8 Å². The van der Waals surface area contributed by atoms with E-state index < -0.39 is 98.0 Å². The Kier molecular flexibility index (Phi) is 23.3. The summed E-state index contributed by atoms with van der Waals surface area (Å²) in [5, 5.41) is 28.5. The number of rotatable bonds is 26. The van der Waals surface area contributed by atoms with Crippen molar-refractivity contribution in [1.82, 2.24) is 19.2 Å². The molecule has 18 nitrogen and oxygen atoms in total. The van der Waals surface area contributed by atoms with Crippen LogP contribution in [0.2, 0.25) is 0 Å². The number of aliphatic hydroxyl groups excluding tert-OH is 2. The first-order chi connectivity index (χ1) is 41.4. The molecule has 0 spiro atoms. The molecule has 2 saturated heterocycles. The van der Waals surface area contributed by atoms with Gasteiger partial charge in [0.05, 0.1) is 52.9 Å². The van der Waals surface area contributed by atoms with Crippen LogP contribution in [0.1, 0.15) is 62.8 Å². The lowest BCUT2D eigenvalue weighted by Crippen LogP contribution is -2.53. The number of hydrogen-bond acceptors (Lipinski definition) is 12. The third kappa shape index (κ3) is 18.0. The number of carbonyl (C=O) groups excluding carboxylic acids is 4. The number of halogens is 3. The Balaban J connectivity index is 0.000000249. The minimum Gasteiger partial charge on any atom is -0.434 e. The van der Waals surface area contributed by atoms with E-state index in [1.807, 2.05) is 77.9 Å². The molecule has 0 unspecified atom stereocenters. The number of hydrogen-bond donors (Lipinski definition) is 4. The molecule has 2 aliphatic heterocycles. The number of sulfonamides is 2. The van der Waals surface area contributed by atoms with Gasteiger partial charge in [0.25, 0.3) is 11.8 Å². The first-order valence-electron chi connectivity index (χ1n) is 28.7. The van der Waals surface area contributed by atoms with Crippen molar-refractivity contribution in [3.05, 3.63) is 191 Å². The smallest absolute Gasteiger partial charge is 0.415 e. The number of cyclic esters (lactones) is 2. The quantitative estimate of drug-likeness (QED) is 0.0400. The zero-order chi connectivity index (χ0) is 63.2. The van der Waals surface area contributed by atoms with Crippen LogP contribution in [0.4, 0.5) is 34.1 Å². The Morgan fingerprint density at radius 1 is 0.563 bits per heavy atom. The lowest BCUT2D eigenvalue weighted by atomic mass is 10.0. The molecular formula is C64H75F3N6O12S2. The monoisotopic (exact) mass is 1240 g/mol. The molecule has 0 aliphatic carbocycles. The van der Waals surface area contributed by atoms with Crippen molar-refractivity contribution < 1.29 is 68.9 Å². The van der Waals surface area contributed by atoms with Gasteiger partial charge < -0.3 is 30.3 Å². The van der Waals surface area contributed by atoms with E-state index in [2.05, 4.69) is 10.6 Å². The molecule has 466 valence electrons. The molecule has 87 heavy (non-hydrogen) atoms. The zero-order valence-electron chi connectivity index (χ0n) is 49.3. The van der Waals surface area contributed by atoms with E-state index in [-0.39, 0.29) is 79.4 Å². The number of anilines is 2. The highest BCUT2D eigenvalue weighted by Crippen LogP contribution is 2.28. The van der Waals surface area contributed by atoms with Crippen molar-refractivity contribution in [2.45, 2.75) is 114 Å². The van der Waals surface area contributed by atoms with Crippen LogP contribution in [0, 0.1) is 43.1 Å². The van der Waals surface area contributed by atoms with Crippen LogP contribution in [0.15, 0.2) is 161 Å². The van der Waals surface area contributed by atoms with Crippen LogP contribution < -0.4 is 20.4 Å². The standard InChI is InChI=1S/C32H37F2N3O6S.C32H38FN3O6S/c1-4-21(2)18-36(44(41,42)25-13-10-22(3)11-14-25)19-29(38)27(16-23-8-6-5-7-9-23)35-31(39)30-20-37(32(40)43-30)28-15-12-24(33)17-26(28)34;1-4-22(2)19-35(43(40,41)27-16-10-23(3)11-17-27)20-29(37)28(18-24-8-6-5-7-9-24)34-31(38)30-21-36(32(39)42-30)26-14-12-25(33)13-15-26/h5-15,17,21,27,29-30,38H,4,16,18-20H2,1-3H3,(H,35,39);5-17,22,28-30,37H,4,18-21H2,1-3H3,(H,34,38)/t21-,27-,29+,30-;22-,28-,29+,30-/m00/s1. The van der Waals surface area contributed by atoms with Crippen molar-refractivity contribution in [1.29, 1.82) is 0 Å². The fourth-order valence-electron chi connectivity index (χ4n) is 9.67. The Bertz CT molecular complexity index is 3500. The van der Waals surface area contributed by atoms with Crippen LogP contribution >= 0.6 is 0 Å². The van der Waals surface area contributed by atoms with Gasteiger partial charge in [0.1, 0.15) is 17.5 Å². The molecule has 4 N–H and O–H groups in total. The van der Waals surface area contributed by atoms with Crippen LogP contribution in [-0.4, -0.2) is 135 Å². The average molecular weight is 1240 g/mol. The summed E-state index contributed by atoms with van der Waals surface area (Å²) in [7, 11) is -7.96. The van der Waals surface area contributed by atoms with Crippen molar-refractivity contribution >= 4 is 55.4 Å². The summed E-state index contributed by atoms with van der Waals surface area (Å²) < 4.78 is 109. The molecule has 0 radical (unpaired) electrons. The molecule has 2 fully saturated rings.